The maximum Gasteiger partial charge on any atom is 0.329 e. The van der Waals surface area contributed by atoms with Crippen LogP contribution in [-0.2, 0) is 62.4 Å². The average molecular weight is 1060 g/mol. The maximum atomic E-state index is 14.6. The van der Waals surface area contributed by atoms with Crippen molar-refractivity contribution in [1.29, 1.82) is 0 Å². The second-order valence-electron chi connectivity index (χ2n) is 22.9. The number of methoxy groups -OCH3 is 3. The standard InChI is InChI=1S/C58H93NO14S/c1-36-19-14-13-15-20-37(2)49(69-8)34-46-26-23-42(7)58(67,73-46)55(64)56(65)59-27-17-16-22-47(59)57(66)72-50(35-48(61)38(3)30-41(6)53(63)54(71-10)52(62)40(5)29-36)39(4)31-43-24-25-44(51(32-43)70-9)33-45(60)21-18-28-74(11,12)68/h13-15,19-20,30,36,38-40,42-44,46-47,49-51,53-54,63,67,74H,16-18,21-29,31-35H2,1-12H3/b15-13+,19-14+,37-20+,41-30+/t36-,38-,39+,40-,42-,43+,44+,46+,47+,49+,50+,51-,53-,54+,58-/m1/s1. The zero-order chi connectivity index (χ0) is 55.1. The number of piperidine rings is 1. The normalized spacial score (nSPS) is 37.4. The molecule has 74 heavy (non-hydrogen) atoms. The fraction of sp³-hybridized carbons (Fsp3) is 0.759. The second-order valence-corrected chi connectivity index (χ2v) is 26.5. The van der Waals surface area contributed by atoms with Crippen LogP contribution in [0.25, 0.3) is 0 Å². The van der Waals surface area contributed by atoms with E-state index in [2.05, 4.69) is 0 Å². The first-order chi connectivity index (χ1) is 34.8. The van der Waals surface area contributed by atoms with Crippen LogP contribution >= 0.6 is 0 Å². The molecule has 1 saturated carbocycles. The van der Waals surface area contributed by atoms with Gasteiger partial charge in [-0.3, -0.25) is 28.2 Å². The SMILES string of the molecule is CO[C@H]1C[C@@H]2CC[C@@H](C)[C@@](O)(O2)C(=O)C(=O)N2CCCC[C@H]2C(=O)O[C@H]([C@@H](C)C[C@@H]2CC[C@@H](CC(=O)CCC[SH](C)(C)=O)[C@H](OC)C2)CC(=O)[C@H](C)/C=C(\C)[C@@H](O)[C@@H](OC)C(=O)[C@H](C)C[C@H](C)/C=C/C=C/C=C/1C. The van der Waals surface area contributed by atoms with Crippen LogP contribution in [0.4, 0.5) is 0 Å². The van der Waals surface area contributed by atoms with Crippen molar-refractivity contribution in [3.63, 3.8) is 0 Å². The molecule has 4 aliphatic rings. The molecule has 2 saturated heterocycles. The van der Waals surface area contributed by atoms with Crippen LogP contribution in [0.5, 0.6) is 0 Å². The monoisotopic (exact) mass is 1060 g/mol. The van der Waals surface area contributed by atoms with Crippen LogP contribution in [0.2, 0.25) is 0 Å². The summed E-state index contributed by atoms with van der Waals surface area (Å²) in [6.07, 6.45) is 16.9. The van der Waals surface area contributed by atoms with Gasteiger partial charge in [-0.15, -0.1) is 9.93 Å². The molecule has 0 radical (unpaired) electrons. The minimum absolute atomic E-state index is 0.00677. The van der Waals surface area contributed by atoms with E-state index in [0.717, 1.165) is 18.4 Å². The molecule has 0 aromatic rings. The zero-order valence-electron chi connectivity index (χ0n) is 46.8. The number of thiol groups is 1. The predicted molar refractivity (Wildman–Crippen MR) is 288 cm³/mol. The van der Waals surface area contributed by atoms with Crippen molar-refractivity contribution in [2.24, 2.45) is 41.4 Å². The third-order valence-corrected chi connectivity index (χ3v) is 17.7. The van der Waals surface area contributed by atoms with Gasteiger partial charge in [0.05, 0.1) is 18.3 Å². The lowest BCUT2D eigenvalue weighted by molar-refractivity contribution is -0.265. The van der Waals surface area contributed by atoms with Crippen molar-refractivity contribution < 1.29 is 66.9 Å². The molecule has 0 spiro atoms. The number of nitrogens with zero attached hydrogens (tertiary/aromatic N) is 1. The Morgan fingerprint density at radius 3 is 2.27 bits per heavy atom. The molecule has 3 heterocycles. The van der Waals surface area contributed by atoms with E-state index in [0.29, 0.717) is 82.0 Å². The average Bonchev–Trinajstić information content (AvgIpc) is 3.35. The van der Waals surface area contributed by atoms with Gasteiger partial charge in [0.2, 0.25) is 5.79 Å². The quantitative estimate of drug-likeness (QED) is 0.0751. The van der Waals surface area contributed by atoms with E-state index in [4.69, 9.17) is 23.7 Å². The van der Waals surface area contributed by atoms with Gasteiger partial charge >= 0.3 is 5.97 Å². The van der Waals surface area contributed by atoms with Gasteiger partial charge in [-0.25, -0.2) is 4.79 Å². The number of ketones is 4. The van der Waals surface area contributed by atoms with Crippen molar-refractivity contribution in [3.8, 4) is 0 Å². The van der Waals surface area contributed by atoms with Crippen molar-refractivity contribution in [1.82, 2.24) is 4.90 Å². The minimum atomic E-state index is -2.45. The Morgan fingerprint density at radius 2 is 1.61 bits per heavy atom. The first-order valence-electron chi connectivity index (χ1n) is 27.4. The third kappa shape index (κ3) is 18.0. The number of carbonyl (C=O) groups excluding carboxylic acids is 6. The summed E-state index contributed by atoms with van der Waals surface area (Å²) in [5.41, 5.74) is 1.25. The molecule has 1 amide bonds. The highest BCUT2D eigenvalue weighted by Gasteiger charge is 2.53. The van der Waals surface area contributed by atoms with Gasteiger partial charge < -0.3 is 38.8 Å². The van der Waals surface area contributed by atoms with E-state index in [-0.39, 0.29) is 66.5 Å². The Bertz CT molecular complexity index is 2090. The molecular formula is C58H93NO14S. The van der Waals surface area contributed by atoms with E-state index < -0.39 is 87.7 Å². The molecule has 0 aromatic heterocycles. The van der Waals surface area contributed by atoms with Crippen LogP contribution in [-0.4, -0.2) is 149 Å². The Morgan fingerprint density at radius 1 is 0.892 bits per heavy atom. The molecule has 15 atom stereocenters. The molecular weight excluding hydrogens is 967 g/mol. The summed E-state index contributed by atoms with van der Waals surface area (Å²) in [5, 5.41) is 23.6. The molecule has 0 unspecified atom stereocenters. The number of fused-ring (bicyclic) bond motifs is 3. The van der Waals surface area contributed by atoms with E-state index in [1.165, 1.54) is 12.0 Å². The number of aliphatic hydroxyl groups excluding tert-OH is 1. The van der Waals surface area contributed by atoms with Gasteiger partial charge in [-0.1, -0.05) is 71.1 Å². The Hall–Kier alpha value is -3.51. The van der Waals surface area contributed by atoms with Crippen molar-refractivity contribution in [2.75, 3.05) is 46.1 Å². The van der Waals surface area contributed by atoms with E-state index in [9.17, 15) is 43.2 Å². The number of allylic oxidation sites excluding steroid dienone is 6. The molecule has 15 nitrogen and oxygen atoms in total. The Labute approximate surface area is 443 Å². The van der Waals surface area contributed by atoms with Crippen LogP contribution < -0.4 is 0 Å². The summed E-state index contributed by atoms with van der Waals surface area (Å²) in [7, 11) is 2.39. The smallest absolute Gasteiger partial charge is 0.329 e. The summed E-state index contributed by atoms with van der Waals surface area (Å²) in [5.74, 6) is -7.42. The summed E-state index contributed by atoms with van der Waals surface area (Å²) in [4.78, 5) is 85.6. The molecule has 0 aromatic carbocycles. The fourth-order valence-corrected chi connectivity index (χ4v) is 12.4. The number of ether oxygens (including phenoxy) is 5. The van der Waals surface area contributed by atoms with Gasteiger partial charge in [-0.05, 0) is 132 Å². The molecule has 3 fully saturated rings. The Kier molecular flexibility index (Phi) is 24.9. The first kappa shape index (κ1) is 63.0. The first-order valence-corrected chi connectivity index (χ1v) is 30.2. The lowest BCUT2D eigenvalue weighted by atomic mass is 9.73. The molecule has 3 aliphatic heterocycles. The van der Waals surface area contributed by atoms with Gasteiger partial charge in [-0.2, -0.15) is 0 Å². The van der Waals surface area contributed by atoms with Crippen LogP contribution in [0.15, 0.2) is 47.6 Å². The number of hydrogen-bond acceptors (Lipinski definition) is 14. The summed E-state index contributed by atoms with van der Waals surface area (Å²) < 4.78 is 42.2. The van der Waals surface area contributed by atoms with Gasteiger partial charge in [0, 0.05) is 77.1 Å². The number of esters is 1. The molecule has 4 rings (SSSR count). The summed E-state index contributed by atoms with van der Waals surface area (Å²) >= 11 is 0. The van der Waals surface area contributed by atoms with Crippen LogP contribution in [0.3, 0.4) is 0 Å². The topological polar surface area (TPSA) is 209 Å². The largest absolute Gasteiger partial charge is 0.460 e. The Balaban J connectivity index is 1.67. The molecule has 1 aliphatic carbocycles. The number of aliphatic hydroxyl groups is 2. The fourth-order valence-electron chi connectivity index (χ4n) is 11.5. The van der Waals surface area contributed by atoms with Gasteiger partial charge in [0.25, 0.3) is 11.7 Å². The van der Waals surface area contributed by atoms with Crippen molar-refractivity contribution >= 4 is 44.9 Å². The highest BCUT2D eigenvalue weighted by Crippen LogP contribution is 2.39. The number of cyclic esters (lactones) is 1. The number of hydrogen-bond donors (Lipinski definition) is 3. The zero-order valence-corrected chi connectivity index (χ0v) is 47.7. The molecule has 2 N–H and O–H groups in total. The number of amides is 1. The van der Waals surface area contributed by atoms with Gasteiger partial charge in [0.1, 0.15) is 35.9 Å². The van der Waals surface area contributed by atoms with Crippen LogP contribution in [0, 0.1) is 41.4 Å². The van der Waals surface area contributed by atoms with Crippen molar-refractivity contribution in [3.05, 3.63) is 47.6 Å². The second kappa shape index (κ2) is 29.3. The molecule has 16 heteroatoms. The van der Waals surface area contributed by atoms with E-state index in [1.54, 1.807) is 53.6 Å². The summed E-state index contributed by atoms with van der Waals surface area (Å²) in [6, 6.07) is -1.16. The highest BCUT2D eigenvalue weighted by molar-refractivity contribution is 8.01. The highest BCUT2D eigenvalue weighted by atomic mass is 32.2. The minimum Gasteiger partial charge on any atom is -0.460 e. The number of Topliss-reactive ketones (excluding diaryl/α,β-unsaturated/α-hetero) is 4. The van der Waals surface area contributed by atoms with E-state index in [1.807, 2.05) is 58.1 Å². The number of carbonyl (C=O) groups is 6. The number of rotatable bonds is 12. The molecule has 2 bridgehead atoms. The van der Waals surface area contributed by atoms with Crippen molar-refractivity contribution in [2.45, 2.75) is 193 Å². The lowest BCUT2D eigenvalue weighted by Crippen LogP contribution is -2.61. The van der Waals surface area contributed by atoms with Crippen LogP contribution in [0.1, 0.15) is 145 Å². The van der Waals surface area contributed by atoms with E-state index >= 15 is 0 Å². The third-order valence-electron chi connectivity index (χ3n) is 16.3. The maximum absolute atomic E-state index is 14.6. The predicted octanol–water partition coefficient (Wildman–Crippen LogP) is 7.45. The van der Waals surface area contributed by atoms with Gasteiger partial charge in [0.15, 0.2) is 5.78 Å². The molecule has 420 valence electrons. The summed E-state index contributed by atoms with van der Waals surface area (Å²) in [6.45, 7) is 12.7. The lowest BCUT2D eigenvalue weighted by Gasteiger charge is -2.42.